The van der Waals surface area contributed by atoms with Crippen molar-refractivity contribution >= 4 is 29.0 Å². The molecule has 1 aromatic carbocycles. The summed E-state index contributed by atoms with van der Waals surface area (Å²) in [6, 6.07) is 5.75. The van der Waals surface area contributed by atoms with E-state index in [0.717, 1.165) is 16.8 Å². The van der Waals surface area contributed by atoms with Crippen LogP contribution in [0.15, 0.2) is 24.5 Å². The average Bonchev–Trinajstić information content (AvgIpc) is 2.63. The Morgan fingerprint density at radius 3 is 2.59 bits per heavy atom. The summed E-state index contributed by atoms with van der Waals surface area (Å²) in [5, 5.41) is 23.9. The summed E-state index contributed by atoms with van der Waals surface area (Å²) in [6.45, 7) is 4.69. The number of benzene rings is 1. The fraction of sp³-hybridized carbons (Fsp3) is 0.389. The number of aryl methyl sites for hydroxylation is 2. The zero-order valence-corrected chi connectivity index (χ0v) is 15.2. The number of hydrogen-bond acceptors (Lipinski definition) is 7. The van der Waals surface area contributed by atoms with Gasteiger partial charge < -0.3 is 15.3 Å². The molecule has 2 aromatic rings. The lowest BCUT2D eigenvalue weighted by Crippen LogP contribution is -2.37. The molecule has 142 valence electrons. The zero-order chi connectivity index (χ0) is 19.6. The first-order valence-electron chi connectivity index (χ1n) is 8.68. The van der Waals surface area contributed by atoms with Crippen LogP contribution < -0.4 is 10.2 Å². The lowest BCUT2D eigenvalue weighted by Gasteiger charge is -2.30. The molecule has 1 aromatic heterocycles. The number of aliphatic carboxylic acids is 1. The molecular weight excluding hydrogens is 350 g/mol. The van der Waals surface area contributed by atoms with Crippen molar-refractivity contribution in [2.75, 3.05) is 23.3 Å². The second kappa shape index (κ2) is 7.56. The second-order valence-electron chi connectivity index (χ2n) is 6.69. The number of piperidine rings is 1. The van der Waals surface area contributed by atoms with Crippen LogP contribution >= 0.6 is 0 Å². The molecule has 1 aliphatic heterocycles. The van der Waals surface area contributed by atoms with Crippen LogP contribution in [0, 0.1) is 29.9 Å². The predicted molar refractivity (Wildman–Crippen MR) is 100 cm³/mol. The van der Waals surface area contributed by atoms with Gasteiger partial charge in [0.1, 0.15) is 6.33 Å². The smallest absolute Gasteiger partial charge is 0.353 e. The van der Waals surface area contributed by atoms with E-state index in [0.29, 0.717) is 25.9 Å². The van der Waals surface area contributed by atoms with Crippen LogP contribution in [0.25, 0.3) is 0 Å². The minimum absolute atomic E-state index is 0.123. The van der Waals surface area contributed by atoms with Gasteiger partial charge in [-0.3, -0.25) is 14.9 Å². The van der Waals surface area contributed by atoms with Crippen molar-refractivity contribution < 1.29 is 14.8 Å². The number of nitrogens with zero attached hydrogens (tertiary/aromatic N) is 4. The Morgan fingerprint density at radius 2 is 2.00 bits per heavy atom. The first kappa shape index (κ1) is 18.6. The molecular formula is C18H21N5O4. The van der Waals surface area contributed by atoms with Gasteiger partial charge in [0.05, 0.1) is 10.8 Å². The van der Waals surface area contributed by atoms with Crippen LogP contribution in [-0.2, 0) is 4.79 Å². The summed E-state index contributed by atoms with van der Waals surface area (Å²) in [5.74, 6) is -0.914. The van der Waals surface area contributed by atoms with E-state index in [1.807, 2.05) is 32.0 Å². The fourth-order valence-electron chi connectivity index (χ4n) is 3.28. The van der Waals surface area contributed by atoms with Crippen molar-refractivity contribution in [3.8, 4) is 0 Å². The molecule has 0 radical (unpaired) electrons. The minimum atomic E-state index is -0.830. The first-order chi connectivity index (χ1) is 12.9. The van der Waals surface area contributed by atoms with Crippen LogP contribution in [0.2, 0.25) is 0 Å². The van der Waals surface area contributed by atoms with Gasteiger partial charge in [0.15, 0.2) is 0 Å². The van der Waals surface area contributed by atoms with E-state index in [9.17, 15) is 14.9 Å². The summed E-state index contributed by atoms with van der Waals surface area (Å²) in [7, 11) is 0. The fourth-order valence-corrected chi connectivity index (χ4v) is 3.28. The minimum Gasteiger partial charge on any atom is -0.481 e. The van der Waals surface area contributed by atoms with Crippen LogP contribution in [0.1, 0.15) is 24.0 Å². The topological polar surface area (TPSA) is 121 Å². The molecule has 0 unspecified atom stereocenters. The molecule has 0 aliphatic carbocycles. The molecule has 0 saturated carbocycles. The molecule has 0 amide bonds. The highest BCUT2D eigenvalue weighted by molar-refractivity contribution is 5.76. The lowest BCUT2D eigenvalue weighted by molar-refractivity contribution is -0.383. The number of nitrogens with one attached hydrogen (secondary N) is 1. The summed E-state index contributed by atoms with van der Waals surface area (Å²) in [4.78, 5) is 32.3. The van der Waals surface area contributed by atoms with Gasteiger partial charge in [-0.05, 0) is 38.3 Å². The molecule has 0 bridgehead atoms. The Morgan fingerprint density at radius 1 is 1.30 bits per heavy atom. The second-order valence-corrected chi connectivity index (χ2v) is 6.69. The number of carboxylic acid groups (broad SMARTS) is 1. The maximum absolute atomic E-state index is 11.8. The Balaban J connectivity index is 1.91. The quantitative estimate of drug-likeness (QED) is 0.607. The molecule has 0 atom stereocenters. The highest BCUT2D eigenvalue weighted by Gasteiger charge is 2.31. The van der Waals surface area contributed by atoms with Crippen molar-refractivity contribution in [1.29, 1.82) is 0 Å². The largest absolute Gasteiger partial charge is 0.481 e. The summed E-state index contributed by atoms with van der Waals surface area (Å²) >= 11 is 0. The van der Waals surface area contributed by atoms with E-state index in [-0.39, 0.29) is 17.3 Å². The third-order valence-corrected chi connectivity index (χ3v) is 4.76. The third-order valence-electron chi connectivity index (χ3n) is 4.76. The maximum atomic E-state index is 11.8. The number of nitro groups is 1. The molecule has 2 heterocycles. The van der Waals surface area contributed by atoms with E-state index >= 15 is 0 Å². The molecule has 3 rings (SSSR count). The molecule has 2 N–H and O–H groups in total. The summed E-state index contributed by atoms with van der Waals surface area (Å²) < 4.78 is 0. The molecule has 0 spiro atoms. The van der Waals surface area contributed by atoms with Gasteiger partial charge in [-0.2, -0.15) is 0 Å². The first-order valence-corrected chi connectivity index (χ1v) is 8.68. The molecule has 1 saturated heterocycles. The van der Waals surface area contributed by atoms with Crippen molar-refractivity contribution in [1.82, 2.24) is 9.97 Å². The molecule has 9 heteroatoms. The monoisotopic (exact) mass is 371 g/mol. The number of hydrogen-bond donors (Lipinski definition) is 2. The van der Waals surface area contributed by atoms with Gasteiger partial charge >= 0.3 is 11.7 Å². The highest BCUT2D eigenvalue weighted by Crippen LogP contribution is 2.36. The normalized spacial score (nSPS) is 14.8. The van der Waals surface area contributed by atoms with Crippen LogP contribution in [-0.4, -0.2) is 39.1 Å². The molecule has 1 fully saturated rings. The van der Waals surface area contributed by atoms with Gasteiger partial charge in [0, 0.05) is 18.8 Å². The van der Waals surface area contributed by atoms with Crippen LogP contribution in [0.4, 0.5) is 23.0 Å². The van der Waals surface area contributed by atoms with Gasteiger partial charge in [0.2, 0.25) is 11.6 Å². The summed E-state index contributed by atoms with van der Waals surface area (Å²) in [5.41, 5.74) is 2.58. The van der Waals surface area contributed by atoms with Gasteiger partial charge in [-0.25, -0.2) is 9.97 Å². The van der Waals surface area contributed by atoms with Crippen LogP contribution in [0.5, 0.6) is 0 Å². The van der Waals surface area contributed by atoms with Gasteiger partial charge in [0.25, 0.3) is 0 Å². The maximum Gasteiger partial charge on any atom is 0.353 e. The van der Waals surface area contributed by atoms with E-state index in [1.165, 1.54) is 6.33 Å². The number of rotatable bonds is 5. The molecule has 27 heavy (non-hydrogen) atoms. The predicted octanol–water partition coefficient (Wildman–Crippen LogP) is 3.05. The molecule has 9 nitrogen and oxygen atoms in total. The van der Waals surface area contributed by atoms with Crippen molar-refractivity contribution in [2.45, 2.75) is 26.7 Å². The zero-order valence-electron chi connectivity index (χ0n) is 15.2. The Labute approximate surface area is 156 Å². The van der Waals surface area contributed by atoms with Gasteiger partial charge in [-0.15, -0.1) is 0 Å². The highest BCUT2D eigenvalue weighted by atomic mass is 16.6. The number of carbonyl (C=O) groups is 1. The van der Waals surface area contributed by atoms with E-state index in [4.69, 9.17) is 5.11 Å². The Hall–Kier alpha value is -3.23. The number of aromatic nitrogens is 2. The van der Waals surface area contributed by atoms with Crippen molar-refractivity contribution in [3.05, 3.63) is 45.8 Å². The van der Waals surface area contributed by atoms with Gasteiger partial charge in [-0.1, -0.05) is 17.7 Å². The number of anilines is 3. The van der Waals surface area contributed by atoms with Crippen LogP contribution in [0.3, 0.4) is 0 Å². The van der Waals surface area contributed by atoms with Crippen molar-refractivity contribution in [3.63, 3.8) is 0 Å². The standard InChI is InChI=1S/C18H21N5O4/c1-11-3-4-14(12(2)9-11)21-16-15(23(26)27)17(20-10-19-16)22-7-5-13(6-8-22)18(24)25/h3-4,9-10,13H,5-8H2,1-2H3,(H,24,25)(H,19,20,21). The lowest BCUT2D eigenvalue weighted by atomic mass is 9.97. The average molecular weight is 371 g/mol. The Bertz CT molecular complexity index is 878. The summed E-state index contributed by atoms with van der Waals surface area (Å²) in [6.07, 6.45) is 2.14. The van der Waals surface area contributed by atoms with E-state index in [1.54, 1.807) is 4.90 Å². The SMILES string of the molecule is Cc1ccc(Nc2ncnc(N3CCC(C(=O)O)CC3)c2[N+](=O)[O-])c(C)c1. The van der Waals surface area contributed by atoms with Crippen molar-refractivity contribution in [2.24, 2.45) is 5.92 Å². The van der Waals surface area contributed by atoms with E-state index in [2.05, 4.69) is 15.3 Å². The Kier molecular flexibility index (Phi) is 5.20. The molecule has 1 aliphatic rings. The number of carboxylic acids is 1. The van der Waals surface area contributed by atoms with E-state index < -0.39 is 16.8 Å². The third kappa shape index (κ3) is 3.97.